The monoisotopic (exact) mass is 146 g/mol. The summed E-state index contributed by atoms with van der Waals surface area (Å²) in [5.41, 5.74) is 5.34. The molecule has 0 heterocycles. The van der Waals surface area contributed by atoms with Crippen LogP contribution in [0, 0.1) is 0 Å². The smallest absolute Gasteiger partial charge is 0.160 e. The lowest BCUT2D eigenvalue weighted by atomic mass is 11.0. The number of rotatable bonds is 2. The van der Waals surface area contributed by atoms with E-state index in [4.69, 9.17) is 11.6 Å². The number of nitrogens with zero attached hydrogens (tertiary/aromatic N) is 2. The second-order valence-corrected chi connectivity index (χ2v) is 2.45. The van der Waals surface area contributed by atoms with Gasteiger partial charge in [0.25, 0.3) is 0 Å². The van der Waals surface area contributed by atoms with Crippen molar-refractivity contribution >= 4 is 23.3 Å². The number of aliphatic imine (C=N–C) groups is 1. The molecule has 4 N–H and O–H groups in total. The molecule has 5 heteroatoms. The normalized spacial score (nSPS) is 12.8. The van der Waals surface area contributed by atoms with E-state index in [-0.39, 0.29) is 0 Å². The summed E-state index contributed by atoms with van der Waals surface area (Å²) in [6.07, 6.45) is 1.22. The predicted molar refractivity (Wildman–Crippen MR) is 42.4 cm³/mol. The van der Waals surface area contributed by atoms with Crippen LogP contribution in [0.5, 0.6) is 0 Å². The summed E-state index contributed by atoms with van der Waals surface area (Å²) in [6, 6.07) is 0. The molecule has 0 radical (unpaired) electrons. The summed E-state index contributed by atoms with van der Waals surface area (Å²) < 4.78 is 0. The van der Waals surface area contributed by atoms with Crippen LogP contribution in [-0.2, 0) is 0 Å². The minimum absolute atomic E-state index is 0.492. The van der Waals surface area contributed by atoms with Gasteiger partial charge in [0.05, 0.1) is 0 Å². The lowest BCUT2D eigenvalue weighted by Gasteiger charge is -1.90. The van der Waals surface area contributed by atoms with Crippen molar-refractivity contribution < 1.29 is 0 Å². The molecule has 0 fully saturated rings. The minimum Gasteiger partial charge on any atom is -0.378 e. The highest BCUT2D eigenvalue weighted by molar-refractivity contribution is 8.13. The molecule has 0 unspecified atom stereocenters. The highest BCUT2D eigenvalue weighted by Gasteiger charge is 1.85. The first kappa shape index (κ1) is 8.29. The molecule has 0 saturated carbocycles. The van der Waals surface area contributed by atoms with E-state index in [2.05, 4.69) is 10.1 Å². The lowest BCUT2D eigenvalue weighted by molar-refractivity contribution is 1.25. The van der Waals surface area contributed by atoms with Crippen molar-refractivity contribution in [3.8, 4) is 0 Å². The molecule has 0 aromatic heterocycles. The molecule has 0 aromatic carbocycles. The van der Waals surface area contributed by atoms with E-state index in [1.54, 1.807) is 0 Å². The Morgan fingerprint density at radius 3 is 2.89 bits per heavy atom. The molecule has 52 valence electrons. The van der Waals surface area contributed by atoms with Crippen LogP contribution >= 0.6 is 11.8 Å². The Morgan fingerprint density at radius 1 is 1.78 bits per heavy atom. The maximum Gasteiger partial charge on any atom is 0.160 e. The van der Waals surface area contributed by atoms with Crippen molar-refractivity contribution in [1.82, 2.24) is 0 Å². The average molecular weight is 146 g/mol. The Hall–Kier alpha value is -0.710. The van der Waals surface area contributed by atoms with Gasteiger partial charge in [-0.15, -0.1) is 0 Å². The molecule has 0 aliphatic heterocycles. The second kappa shape index (κ2) is 5.43. The number of hydrazone groups is 1. The Bertz CT molecular complexity index is 120. The van der Waals surface area contributed by atoms with Gasteiger partial charge in [0.2, 0.25) is 0 Å². The van der Waals surface area contributed by atoms with Gasteiger partial charge in [-0.3, -0.25) is 0 Å². The molecular formula is C4H10N4S. The van der Waals surface area contributed by atoms with Gasteiger partial charge >= 0.3 is 0 Å². The van der Waals surface area contributed by atoms with E-state index >= 15 is 0 Å². The summed E-state index contributed by atoms with van der Waals surface area (Å²) in [5.74, 6) is 5.68. The Balaban J connectivity index is 3.55. The number of amidine groups is 1. The quantitative estimate of drug-likeness (QED) is 0.248. The molecular weight excluding hydrogens is 136 g/mol. The molecule has 0 aliphatic carbocycles. The van der Waals surface area contributed by atoms with Crippen LogP contribution in [0.1, 0.15) is 6.92 Å². The summed E-state index contributed by atoms with van der Waals surface area (Å²) in [4.78, 5) is 3.67. The van der Waals surface area contributed by atoms with E-state index < -0.39 is 0 Å². The largest absolute Gasteiger partial charge is 0.378 e. The topological polar surface area (TPSA) is 76.8 Å². The van der Waals surface area contributed by atoms with Crippen LogP contribution in [0.4, 0.5) is 0 Å². The number of hydrogen-bond acceptors (Lipinski definition) is 3. The third kappa shape index (κ3) is 5.16. The van der Waals surface area contributed by atoms with Gasteiger partial charge in [-0.1, -0.05) is 18.7 Å². The zero-order valence-electron chi connectivity index (χ0n) is 5.24. The maximum atomic E-state index is 5.34. The van der Waals surface area contributed by atoms with Crippen molar-refractivity contribution in [1.29, 1.82) is 0 Å². The zero-order valence-corrected chi connectivity index (χ0v) is 6.06. The van der Waals surface area contributed by atoms with Crippen LogP contribution < -0.4 is 11.6 Å². The van der Waals surface area contributed by atoms with Gasteiger partial charge in [0.15, 0.2) is 5.17 Å². The van der Waals surface area contributed by atoms with Crippen LogP contribution in [0.2, 0.25) is 0 Å². The highest BCUT2D eigenvalue weighted by atomic mass is 32.2. The molecule has 0 rings (SSSR count). The van der Waals surface area contributed by atoms with Crippen LogP contribution in [0.15, 0.2) is 10.1 Å². The summed E-state index contributed by atoms with van der Waals surface area (Å²) in [6.45, 7) is 1.99. The Morgan fingerprint density at radius 2 is 2.44 bits per heavy atom. The van der Waals surface area contributed by atoms with E-state index in [9.17, 15) is 0 Å². The predicted octanol–water partition coefficient (Wildman–Crippen LogP) is -0.0438. The van der Waals surface area contributed by atoms with Gasteiger partial charge in [-0.05, 0) is 5.75 Å². The molecule has 0 amide bonds. The number of thioether (sulfide) groups is 1. The third-order valence-corrected chi connectivity index (χ3v) is 1.23. The Kier molecular flexibility index (Phi) is 5.00. The fourth-order valence-electron chi connectivity index (χ4n) is 0.275. The SMILES string of the molecule is CCSC(N)=N/C=N/N. The molecule has 9 heavy (non-hydrogen) atoms. The maximum absolute atomic E-state index is 5.34. The van der Waals surface area contributed by atoms with Crippen molar-refractivity contribution in [2.75, 3.05) is 5.75 Å². The van der Waals surface area contributed by atoms with Gasteiger partial charge in [0.1, 0.15) is 6.34 Å². The molecule has 0 saturated heterocycles. The molecule has 0 bridgehead atoms. The first-order valence-electron chi connectivity index (χ1n) is 2.49. The van der Waals surface area contributed by atoms with E-state index in [0.717, 1.165) is 5.75 Å². The molecule has 0 atom stereocenters. The number of nitrogens with two attached hydrogens (primary N) is 2. The molecule has 0 aliphatic rings. The standard InChI is InChI=1S/C4H10N4S/c1-2-9-4(5)7-3-8-6/h3H,2,6H2,1H3,(H2,5,7,8). The third-order valence-electron chi connectivity index (χ3n) is 0.544. The van der Waals surface area contributed by atoms with Gasteiger partial charge in [-0.25, -0.2) is 4.99 Å². The van der Waals surface area contributed by atoms with Gasteiger partial charge in [-0.2, -0.15) is 5.10 Å². The fourth-order valence-corrected chi connectivity index (χ4v) is 0.693. The molecule has 0 aromatic rings. The van der Waals surface area contributed by atoms with Crippen LogP contribution in [0.3, 0.4) is 0 Å². The molecule has 4 nitrogen and oxygen atoms in total. The second-order valence-electron chi connectivity index (χ2n) is 1.16. The first-order chi connectivity index (χ1) is 4.31. The Labute approximate surface area is 58.4 Å². The lowest BCUT2D eigenvalue weighted by Crippen LogP contribution is -2.06. The minimum atomic E-state index is 0.492. The van der Waals surface area contributed by atoms with Gasteiger partial charge in [0, 0.05) is 0 Å². The van der Waals surface area contributed by atoms with Crippen LogP contribution in [0.25, 0.3) is 0 Å². The van der Waals surface area contributed by atoms with Crippen molar-refractivity contribution in [3.05, 3.63) is 0 Å². The van der Waals surface area contributed by atoms with Crippen molar-refractivity contribution in [2.24, 2.45) is 21.7 Å². The fraction of sp³-hybridized carbons (Fsp3) is 0.500. The van der Waals surface area contributed by atoms with Gasteiger partial charge < -0.3 is 11.6 Å². The van der Waals surface area contributed by atoms with E-state index in [1.165, 1.54) is 18.1 Å². The first-order valence-corrected chi connectivity index (χ1v) is 3.47. The molecule has 0 spiro atoms. The highest BCUT2D eigenvalue weighted by Crippen LogP contribution is 1.95. The number of hydrogen-bond donors (Lipinski definition) is 2. The van der Waals surface area contributed by atoms with Crippen LogP contribution in [-0.4, -0.2) is 17.3 Å². The zero-order chi connectivity index (χ0) is 7.11. The van der Waals surface area contributed by atoms with Crippen molar-refractivity contribution in [2.45, 2.75) is 6.92 Å². The average Bonchev–Trinajstić information content (AvgIpc) is 1.85. The summed E-state index contributed by atoms with van der Waals surface area (Å²) in [7, 11) is 0. The van der Waals surface area contributed by atoms with E-state index in [1.807, 2.05) is 6.92 Å². The van der Waals surface area contributed by atoms with Crippen molar-refractivity contribution in [3.63, 3.8) is 0 Å². The van der Waals surface area contributed by atoms with E-state index in [0.29, 0.717) is 5.17 Å². The summed E-state index contributed by atoms with van der Waals surface area (Å²) >= 11 is 1.45. The summed E-state index contributed by atoms with van der Waals surface area (Å²) in [5, 5.41) is 3.64.